The number of nitrogens with zero attached hydrogens (tertiary/aromatic N) is 1. The van der Waals surface area contributed by atoms with Crippen LogP contribution in [0.2, 0.25) is 0 Å². The molecule has 122 valence electrons. The first-order chi connectivity index (χ1) is 9.21. The molecule has 0 aromatic heterocycles. The Bertz CT molecular complexity index is 214. The van der Waals surface area contributed by atoms with Crippen LogP contribution in [0, 0.1) is 5.41 Å². The number of hydrogen-bond donors (Lipinski definition) is 2. The maximum absolute atomic E-state index is 9.97. The minimum Gasteiger partial charge on any atom is -0.483 e. The van der Waals surface area contributed by atoms with Crippen molar-refractivity contribution in [3.63, 3.8) is 0 Å². The van der Waals surface area contributed by atoms with E-state index in [4.69, 9.17) is 15.0 Å². The highest BCUT2D eigenvalue weighted by atomic mass is 16.3. The van der Waals surface area contributed by atoms with Crippen molar-refractivity contribution in [2.75, 3.05) is 13.1 Å². The zero-order valence-electron chi connectivity index (χ0n) is 13.9. The number of β-amino-alcohol motifs (C(OH)–C–C–N with tert-alkyl or cyclic N) is 1. The standard InChI is InChI=1S/C6H14.C5H9NO2.C3H8.CH2O2/c1-5-6(2,3)4;7-4-6-2-1-5(8)3-6;1-3-2;2-1-3/h5H2,1-4H3;4-5,8H,1-3H2;3H2,1-2H3;1H,(H,2,3). The van der Waals surface area contributed by atoms with Crippen LogP contribution in [-0.4, -0.2) is 47.2 Å². The van der Waals surface area contributed by atoms with Gasteiger partial charge in [-0.2, -0.15) is 0 Å². The minimum atomic E-state index is -0.278. The molecule has 0 aromatic carbocycles. The van der Waals surface area contributed by atoms with Gasteiger partial charge in [0.2, 0.25) is 6.41 Å². The predicted molar refractivity (Wildman–Crippen MR) is 82.7 cm³/mol. The molecule has 1 rings (SSSR count). The highest BCUT2D eigenvalue weighted by molar-refractivity contribution is 5.47. The molecule has 5 heteroatoms. The Morgan fingerprint density at radius 2 is 1.55 bits per heavy atom. The molecule has 5 nitrogen and oxygen atoms in total. The van der Waals surface area contributed by atoms with Crippen molar-refractivity contribution in [1.82, 2.24) is 4.90 Å². The Morgan fingerprint density at radius 3 is 1.65 bits per heavy atom. The SMILES string of the molecule is CCC.CCC(C)(C)C.O=CN1CCC(O)C1.O=CO. The summed E-state index contributed by atoms with van der Waals surface area (Å²) >= 11 is 0. The van der Waals surface area contributed by atoms with Gasteiger partial charge in [0.05, 0.1) is 6.10 Å². The summed E-state index contributed by atoms with van der Waals surface area (Å²) in [7, 11) is 0. The van der Waals surface area contributed by atoms with Gasteiger partial charge in [-0.15, -0.1) is 0 Å². The molecule has 0 aromatic rings. The number of carbonyl (C=O) groups is 2. The Balaban J connectivity index is -0.000000214. The lowest BCUT2D eigenvalue weighted by Gasteiger charge is -2.12. The van der Waals surface area contributed by atoms with E-state index < -0.39 is 0 Å². The first-order valence-corrected chi connectivity index (χ1v) is 7.17. The molecule has 0 aliphatic carbocycles. The largest absolute Gasteiger partial charge is 0.483 e. The monoisotopic (exact) mass is 291 g/mol. The number of rotatable bonds is 1. The number of aliphatic hydroxyl groups is 1. The summed E-state index contributed by atoms with van der Waals surface area (Å²) in [6, 6.07) is 0. The number of carbonyl (C=O) groups excluding carboxylic acids is 1. The second kappa shape index (κ2) is 16.0. The third kappa shape index (κ3) is 25.7. The van der Waals surface area contributed by atoms with Crippen molar-refractivity contribution in [1.29, 1.82) is 0 Å². The van der Waals surface area contributed by atoms with Crippen LogP contribution in [0.1, 0.15) is 60.8 Å². The second-order valence-corrected chi connectivity index (χ2v) is 5.77. The zero-order chi connectivity index (χ0) is 16.6. The van der Waals surface area contributed by atoms with E-state index in [1.165, 1.54) is 12.8 Å². The molecule has 1 aliphatic rings. The molecule has 1 amide bonds. The molecule has 2 N–H and O–H groups in total. The maximum atomic E-state index is 9.97. The summed E-state index contributed by atoms with van der Waals surface area (Å²) in [5, 5.41) is 15.7. The van der Waals surface area contributed by atoms with Crippen molar-refractivity contribution in [3.8, 4) is 0 Å². The number of aliphatic hydroxyl groups excluding tert-OH is 1. The molecule has 0 spiro atoms. The van der Waals surface area contributed by atoms with Gasteiger partial charge in [-0.25, -0.2) is 0 Å². The molecule has 0 radical (unpaired) electrons. The molecule has 1 aliphatic heterocycles. The molecule has 1 atom stereocenters. The molecule has 20 heavy (non-hydrogen) atoms. The van der Waals surface area contributed by atoms with E-state index in [1.54, 1.807) is 4.90 Å². The van der Waals surface area contributed by atoms with Crippen LogP contribution >= 0.6 is 0 Å². The highest BCUT2D eigenvalue weighted by Crippen LogP contribution is 2.16. The average molecular weight is 291 g/mol. The van der Waals surface area contributed by atoms with Gasteiger partial charge < -0.3 is 15.1 Å². The molecule has 1 saturated heterocycles. The summed E-state index contributed by atoms with van der Waals surface area (Å²) in [6.07, 6.45) is 3.75. The molecule has 1 unspecified atom stereocenters. The second-order valence-electron chi connectivity index (χ2n) is 5.77. The van der Waals surface area contributed by atoms with Crippen LogP contribution in [0.25, 0.3) is 0 Å². The van der Waals surface area contributed by atoms with Gasteiger partial charge in [0.1, 0.15) is 0 Å². The van der Waals surface area contributed by atoms with Gasteiger partial charge in [-0.1, -0.05) is 54.4 Å². The maximum Gasteiger partial charge on any atom is 0.290 e. The van der Waals surface area contributed by atoms with Crippen molar-refractivity contribution in [3.05, 3.63) is 0 Å². The lowest BCUT2D eigenvalue weighted by Crippen LogP contribution is -2.19. The van der Waals surface area contributed by atoms with E-state index in [1.807, 2.05) is 0 Å². The summed E-state index contributed by atoms with van der Waals surface area (Å²) in [6.45, 7) is 14.2. The first-order valence-electron chi connectivity index (χ1n) is 7.17. The lowest BCUT2D eigenvalue weighted by molar-refractivity contribution is -0.123. The quantitative estimate of drug-likeness (QED) is 0.728. The lowest BCUT2D eigenvalue weighted by atomic mass is 9.94. The number of amides is 1. The highest BCUT2D eigenvalue weighted by Gasteiger charge is 2.17. The Labute approximate surface area is 124 Å². The van der Waals surface area contributed by atoms with E-state index in [0.717, 1.165) is 12.8 Å². The topological polar surface area (TPSA) is 77.8 Å². The normalized spacial score (nSPS) is 16.6. The molecule has 0 saturated carbocycles. The molecule has 1 fully saturated rings. The smallest absolute Gasteiger partial charge is 0.290 e. The van der Waals surface area contributed by atoms with E-state index in [-0.39, 0.29) is 12.6 Å². The summed E-state index contributed by atoms with van der Waals surface area (Å²) in [4.78, 5) is 19.9. The first kappa shape index (κ1) is 24.0. The van der Waals surface area contributed by atoms with Crippen LogP contribution in [0.4, 0.5) is 0 Å². The third-order valence-electron chi connectivity index (χ3n) is 2.40. The van der Waals surface area contributed by atoms with Crippen LogP contribution in [0.15, 0.2) is 0 Å². The van der Waals surface area contributed by atoms with E-state index in [9.17, 15) is 4.79 Å². The van der Waals surface area contributed by atoms with Crippen LogP contribution < -0.4 is 0 Å². The number of likely N-dealkylation sites (tertiary alicyclic amines) is 1. The average Bonchev–Trinajstić information content (AvgIpc) is 2.77. The Morgan fingerprint density at radius 1 is 1.20 bits per heavy atom. The third-order valence-corrected chi connectivity index (χ3v) is 2.40. The van der Waals surface area contributed by atoms with E-state index in [0.29, 0.717) is 18.5 Å². The molecular formula is C15H33NO4. The van der Waals surface area contributed by atoms with Gasteiger partial charge in [0.15, 0.2) is 0 Å². The van der Waals surface area contributed by atoms with Crippen LogP contribution in [0.3, 0.4) is 0 Å². The van der Waals surface area contributed by atoms with Crippen molar-refractivity contribution in [2.24, 2.45) is 5.41 Å². The summed E-state index contributed by atoms with van der Waals surface area (Å²) < 4.78 is 0. The molecule has 1 heterocycles. The van der Waals surface area contributed by atoms with Crippen molar-refractivity contribution < 1.29 is 19.8 Å². The van der Waals surface area contributed by atoms with Gasteiger partial charge in [0, 0.05) is 13.1 Å². The fourth-order valence-electron chi connectivity index (χ4n) is 0.864. The zero-order valence-corrected chi connectivity index (χ0v) is 13.9. The fraction of sp³-hybridized carbons (Fsp3) is 0.867. The van der Waals surface area contributed by atoms with Crippen LogP contribution in [0.5, 0.6) is 0 Å². The van der Waals surface area contributed by atoms with Gasteiger partial charge >= 0.3 is 0 Å². The summed E-state index contributed by atoms with van der Waals surface area (Å²) in [5.41, 5.74) is 0.542. The summed E-state index contributed by atoms with van der Waals surface area (Å²) in [5.74, 6) is 0. The van der Waals surface area contributed by atoms with Gasteiger partial charge in [-0.3, -0.25) is 9.59 Å². The van der Waals surface area contributed by atoms with E-state index >= 15 is 0 Å². The molecular weight excluding hydrogens is 258 g/mol. The fourth-order valence-corrected chi connectivity index (χ4v) is 0.864. The number of hydrogen-bond acceptors (Lipinski definition) is 3. The Hall–Kier alpha value is -1.10. The number of carboxylic acid groups (broad SMARTS) is 1. The van der Waals surface area contributed by atoms with Gasteiger partial charge in [0.25, 0.3) is 6.47 Å². The van der Waals surface area contributed by atoms with Crippen molar-refractivity contribution in [2.45, 2.75) is 66.9 Å². The minimum absolute atomic E-state index is 0.250. The van der Waals surface area contributed by atoms with Gasteiger partial charge in [-0.05, 0) is 11.8 Å². The molecule has 0 bridgehead atoms. The van der Waals surface area contributed by atoms with Crippen LogP contribution in [-0.2, 0) is 9.59 Å². The van der Waals surface area contributed by atoms with E-state index in [2.05, 4.69) is 41.5 Å². The predicted octanol–water partition coefficient (Wildman–Crippen LogP) is 2.77. The Kier molecular flexibility index (Phi) is 19.1. The van der Waals surface area contributed by atoms with Crippen molar-refractivity contribution >= 4 is 12.9 Å².